The first-order valence-corrected chi connectivity index (χ1v) is 20.3. The molecule has 0 bridgehead atoms. The van der Waals surface area contributed by atoms with Crippen LogP contribution >= 0.6 is 23.2 Å². The lowest BCUT2D eigenvalue weighted by molar-refractivity contribution is 0.0775. The Morgan fingerprint density at radius 1 is 0.717 bits per heavy atom. The second-order valence-electron chi connectivity index (χ2n) is 14.7. The third-order valence-corrected chi connectivity index (χ3v) is 11.2. The Kier molecular flexibility index (Phi) is 12.1. The number of nitrogens with one attached hydrogen (secondary N) is 2. The van der Waals surface area contributed by atoms with Gasteiger partial charge < -0.3 is 43.3 Å². The molecule has 2 saturated heterocycles. The van der Waals surface area contributed by atoms with Gasteiger partial charge in [-0.25, -0.2) is 0 Å². The fourth-order valence-corrected chi connectivity index (χ4v) is 7.90. The van der Waals surface area contributed by atoms with E-state index in [1.165, 1.54) is 0 Å². The zero-order valence-electron chi connectivity index (χ0n) is 33.2. The van der Waals surface area contributed by atoms with E-state index in [0.717, 1.165) is 29.4 Å². The number of hydrogen-bond acceptors (Lipinski definition) is 12. The molecule has 5 heterocycles. The molecule has 0 aliphatic carbocycles. The van der Waals surface area contributed by atoms with Crippen molar-refractivity contribution in [2.24, 2.45) is 11.8 Å². The van der Waals surface area contributed by atoms with E-state index >= 15 is 0 Å². The number of carbonyl (C=O) groups excluding carboxylic acids is 2. The molecule has 4 aromatic carbocycles. The van der Waals surface area contributed by atoms with Gasteiger partial charge in [0.25, 0.3) is 23.8 Å². The van der Waals surface area contributed by atoms with Crippen LogP contribution < -0.4 is 20.1 Å². The number of halogens is 2. The normalized spacial score (nSPS) is 16.2. The third kappa shape index (κ3) is 8.85. The van der Waals surface area contributed by atoms with Gasteiger partial charge >= 0.3 is 0 Å². The van der Waals surface area contributed by atoms with E-state index in [2.05, 4.69) is 25.8 Å². The standard InChI is InChI=1S/C23H21ClN4O3.C21H22ClN3O4/c1-14-20(21(27-31-14)16-5-3-2-4-6-16)22(29)28-10-9-15(13-28)12-25-23-26-18-8-7-17(24)11-19(18)30-23;1-27-16-4-3-5-17(28-2)19(16)20(26)25-9-8-13(12-25)11-23-21-24-15-7-6-14(22)10-18(15)29-21/h2-8,11,15H,9-10,12-13H2,1H3,(H,25,26);3-7,10,13H,8-9,11-12H2,1-2H3,(H,23,24)/t15-;13-/m00/s1. The van der Waals surface area contributed by atoms with Crippen LogP contribution in [0.4, 0.5) is 12.0 Å². The highest BCUT2D eigenvalue weighted by Crippen LogP contribution is 2.33. The van der Waals surface area contributed by atoms with Crippen molar-refractivity contribution in [3.63, 3.8) is 0 Å². The van der Waals surface area contributed by atoms with Crippen molar-refractivity contribution < 1.29 is 32.4 Å². The van der Waals surface area contributed by atoms with Crippen LogP contribution in [0.15, 0.2) is 98.3 Å². The average Bonchev–Trinajstić information content (AvgIpc) is 4.12. The topological polar surface area (TPSA) is 161 Å². The Labute approximate surface area is 355 Å². The minimum atomic E-state index is -0.0849. The molecule has 2 amide bonds. The predicted molar refractivity (Wildman–Crippen MR) is 229 cm³/mol. The van der Waals surface area contributed by atoms with Crippen LogP contribution in [0.3, 0.4) is 0 Å². The van der Waals surface area contributed by atoms with E-state index < -0.39 is 0 Å². The summed E-state index contributed by atoms with van der Waals surface area (Å²) in [6.07, 6.45) is 1.79. The van der Waals surface area contributed by atoms with Gasteiger partial charge in [-0.2, -0.15) is 9.97 Å². The molecule has 3 aromatic heterocycles. The molecule has 2 N–H and O–H groups in total. The molecule has 0 saturated carbocycles. The molecule has 2 fully saturated rings. The van der Waals surface area contributed by atoms with E-state index in [1.54, 1.807) is 63.6 Å². The van der Waals surface area contributed by atoms with Gasteiger partial charge in [0.15, 0.2) is 11.2 Å². The summed E-state index contributed by atoms with van der Waals surface area (Å²) in [5, 5.41) is 11.8. The highest BCUT2D eigenvalue weighted by molar-refractivity contribution is 6.31. The second kappa shape index (κ2) is 17.9. The number of anilines is 2. The van der Waals surface area contributed by atoms with Crippen molar-refractivity contribution in [3.8, 4) is 22.8 Å². The van der Waals surface area contributed by atoms with Crippen molar-refractivity contribution in [2.75, 3.05) is 64.1 Å². The van der Waals surface area contributed by atoms with Gasteiger partial charge in [-0.1, -0.05) is 64.8 Å². The number of hydrogen-bond donors (Lipinski definition) is 2. The zero-order chi connectivity index (χ0) is 41.8. The number of likely N-dealkylation sites (tertiary alicyclic amines) is 2. The van der Waals surface area contributed by atoms with E-state index in [4.69, 9.17) is 46.0 Å². The Hall–Kier alpha value is -6.25. The molecule has 9 rings (SSSR count). The number of amides is 2. The molecule has 14 nitrogen and oxygen atoms in total. The number of benzene rings is 4. The zero-order valence-corrected chi connectivity index (χ0v) is 34.8. The molecule has 2 aliphatic heterocycles. The molecule has 2 atom stereocenters. The van der Waals surface area contributed by atoms with Crippen LogP contribution in [-0.2, 0) is 0 Å². The minimum Gasteiger partial charge on any atom is -0.496 e. The molecule has 0 spiro atoms. The summed E-state index contributed by atoms with van der Waals surface area (Å²) in [5.41, 5.74) is 5.26. The maximum Gasteiger partial charge on any atom is 0.295 e. The lowest BCUT2D eigenvalue weighted by Crippen LogP contribution is -2.30. The largest absolute Gasteiger partial charge is 0.496 e. The van der Waals surface area contributed by atoms with E-state index in [0.29, 0.717) is 118 Å². The molecule has 7 aromatic rings. The van der Waals surface area contributed by atoms with Crippen LogP contribution in [0.25, 0.3) is 33.5 Å². The number of carbonyl (C=O) groups is 2. The van der Waals surface area contributed by atoms with Gasteiger partial charge in [-0.15, -0.1) is 0 Å². The number of aromatic nitrogens is 3. The molecule has 16 heteroatoms. The van der Waals surface area contributed by atoms with Crippen molar-refractivity contribution in [2.45, 2.75) is 19.8 Å². The Morgan fingerprint density at radius 2 is 1.23 bits per heavy atom. The highest BCUT2D eigenvalue weighted by Gasteiger charge is 2.33. The Morgan fingerprint density at radius 3 is 1.75 bits per heavy atom. The number of methoxy groups -OCH3 is 2. The quantitative estimate of drug-likeness (QED) is 0.127. The SMILES string of the molecule is COc1cccc(OC)c1C(=O)N1CC[C@@H](CNc2nc3ccc(Cl)cc3o2)C1.Cc1onc(-c2ccccc2)c1C(=O)N1CC[C@@H](CNc2nc3ccc(Cl)cc3o2)C1. The van der Waals surface area contributed by atoms with Gasteiger partial charge in [-0.05, 0) is 68.0 Å². The third-order valence-electron chi connectivity index (χ3n) is 10.7. The number of nitrogens with zero attached hydrogens (tertiary/aromatic N) is 5. The average molecular weight is 853 g/mol. The summed E-state index contributed by atoms with van der Waals surface area (Å²) in [6.45, 7) is 5.76. The fourth-order valence-electron chi connectivity index (χ4n) is 7.57. The molecule has 0 radical (unpaired) electrons. The first-order valence-electron chi connectivity index (χ1n) is 19.6. The number of ether oxygens (including phenoxy) is 2. The number of aryl methyl sites for hydroxylation is 1. The maximum atomic E-state index is 13.3. The van der Waals surface area contributed by atoms with Gasteiger partial charge in [0.1, 0.15) is 45.1 Å². The monoisotopic (exact) mass is 851 g/mol. The van der Waals surface area contributed by atoms with Crippen molar-refractivity contribution in [3.05, 3.63) is 112 Å². The second-order valence-corrected chi connectivity index (χ2v) is 15.6. The van der Waals surface area contributed by atoms with Gasteiger partial charge in [0.2, 0.25) is 0 Å². The highest BCUT2D eigenvalue weighted by atomic mass is 35.5. The van der Waals surface area contributed by atoms with Crippen LogP contribution in [0.5, 0.6) is 11.5 Å². The van der Waals surface area contributed by atoms with E-state index in [1.807, 2.05) is 52.3 Å². The predicted octanol–water partition coefficient (Wildman–Crippen LogP) is 9.09. The van der Waals surface area contributed by atoms with Crippen molar-refractivity contribution >= 4 is 69.2 Å². The van der Waals surface area contributed by atoms with Crippen LogP contribution in [-0.4, -0.2) is 90.2 Å². The molecule has 2 aliphatic rings. The summed E-state index contributed by atoms with van der Waals surface area (Å²) in [5.74, 6) is 2.02. The molecule has 0 unspecified atom stereocenters. The van der Waals surface area contributed by atoms with Crippen molar-refractivity contribution in [1.29, 1.82) is 0 Å². The first kappa shape index (κ1) is 40.5. The number of fused-ring (bicyclic) bond motifs is 2. The summed E-state index contributed by atoms with van der Waals surface area (Å²) in [4.78, 5) is 38.9. The summed E-state index contributed by atoms with van der Waals surface area (Å²) in [7, 11) is 3.10. The lowest BCUT2D eigenvalue weighted by Gasteiger charge is -2.20. The molecule has 60 heavy (non-hydrogen) atoms. The van der Waals surface area contributed by atoms with E-state index in [9.17, 15) is 9.59 Å². The lowest BCUT2D eigenvalue weighted by atomic mass is 10.1. The van der Waals surface area contributed by atoms with Gasteiger partial charge in [0.05, 0.1) is 14.2 Å². The first-order chi connectivity index (χ1) is 29.2. The summed E-state index contributed by atoms with van der Waals surface area (Å²) < 4.78 is 27.5. The van der Waals surface area contributed by atoms with Gasteiger partial charge in [-0.3, -0.25) is 9.59 Å². The van der Waals surface area contributed by atoms with Crippen LogP contribution in [0.2, 0.25) is 10.0 Å². The molecule has 310 valence electrons. The Bertz CT molecular complexity index is 2610. The maximum absolute atomic E-state index is 13.3. The van der Waals surface area contributed by atoms with Crippen LogP contribution in [0, 0.1) is 18.8 Å². The van der Waals surface area contributed by atoms with Crippen LogP contribution in [0.1, 0.15) is 39.3 Å². The smallest absolute Gasteiger partial charge is 0.295 e. The number of oxazole rings is 2. The fraction of sp³-hybridized carbons (Fsp3) is 0.295. The summed E-state index contributed by atoms with van der Waals surface area (Å²) in [6, 6.07) is 26.6. The van der Waals surface area contributed by atoms with E-state index in [-0.39, 0.29) is 11.8 Å². The van der Waals surface area contributed by atoms with Gasteiger partial charge in [0, 0.05) is 67.0 Å². The molecular formula is C44H43Cl2N7O7. The Balaban J connectivity index is 0.000000167. The summed E-state index contributed by atoms with van der Waals surface area (Å²) >= 11 is 12.0. The molecular weight excluding hydrogens is 809 g/mol. The number of rotatable bonds is 11. The minimum absolute atomic E-state index is 0.0448. The van der Waals surface area contributed by atoms with Crippen molar-refractivity contribution in [1.82, 2.24) is 24.9 Å².